The first-order valence-electron chi connectivity index (χ1n) is 6.10. The van der Waals surface area contributed by atoms with E-state index in [1.54, 1.807) is 0 Å². The van der Waals surface area contributed by atoms with Crippen LogP contribution < -0.4 is 5.32 Å². The van der Waals surface area contributed by atoms with Crippen LogP contribution in [0.15, 0.2) is 23.8 Å². The van der Waals surface area contributed by atoms with Crippen LogP contribution >= 0.6 is 0 Å². The van der Waals surface area contributed by atoms with Crippen LogP contribution in [0.4, 0.5) is 0 Å². The third-order valence-corrected chi connectivity index (χ3v) is 3.26. The van der Waals surface area contributed by atoms with Gasteiger partial charge in [0, 0.05) is 17.2 Å². The van der Waals surface area contributed by atoms with Crippen molar-refractivity contribution in [3.63, 3.8) is 0 Å². The maximum Gasteiger partial charge on any atom is 0.226 e. The van der Waals surface area contributed by atoms with Gasteiger partial charge < -0.3 is 5.32 Å². The van der Waals surface area contributed by atoms with Gasteiger partial charge in [-0.25, -0.2) is 0 Å². The Labute approximate surface area is 103 Å². The Balaban J connectivity index is 2.37. The van der Waals surface area contributed by atoms with Crippen molar-refractivity contribution in [2.24, 2.45) is 5.92 Å². The monoisotopic (exact) mass is 229 g/mol. The quantitative estimate of drug-likeness (QED) is 0.829. The number of hydrogen-bond acceptors (Lipinski definition) is 1. The van der Waals surface area contributed by atoms with Gasteiger partial charge in [0.25, 0.3) is 0 Å². The van der Waals surface area contributed by atoms with E-state index in [0.29, 0.717) is 0 Å². The molecule has 1 aromatic carbocycles. The Bertz CT molecular complexity index is 498. The fourth-order valence-corrected chi connectivity index (χ4v) is 2.26. The number of amides is 1. The normalized spacial score (nSPS) is 14.2. The number of benzene rings is 1. The zero-order valence-electron chi connectivity index (χ0n) is 10.9. The Kier molecular flexibility index (Phi) is 3.05. The molecule has 0 saturated carbocycles. The van der Waals surface area contributed by atoms with Crippen LogP contribution in [0, 0.1) is 12.8 Å². The second kappa shape index (κ2) is 4.36. The second-order valence-corrected chi connectivity index (χ2v) is 5.09. The summed E-state index contributed by atoms with van der Waals surface area (Å²) in [5, 5.41) is 3.07. The number of nitrogens with one attached hydrogen (secondary N) is 1. The lowest BCUT2D eigenvalue weighted by atomic mass is 10.0. The Morgan fingerprint density at radius 1 is 1.29 bits per heavy atom. The summed E-state index contributed by atoms with van der Waals surface area (Å²) in [6.45, 7) is 8.02. The van der Waals surface area contributed by atoms with Crippen molar-refractivity contribution in [2.45, 2.75) is 34.1 Å². The van der Waals surface area contributed by atoms with E-state index in [1.807, 2.05) is 13.8 Å². The van der Waals surface area contributed by atoms with E-state index in [0.717, 1.165) is 12.1 Å². The molecule has 0 aromatic heterocycles. The van der Waals surface area contributed by atoms with Crippen LogP contribution in [0.1, 0.15) is 37.5 Å². The highest BCUT2D eigenvalue weighted by molar-refractivity contribution is 5.91. The van der Waals surface area contributed by atoms with Gasteiger partial charge in [-0.15, -0.1) is 0 Å². The topological polar surface area (TPSA) is 29.1 Å². The van der Waals surface area contributed by atoms with Crippen LogP contribution in [0.5, 0.6) is 0 Å². The molecule has 1 aliphatic carbocycles. The molecule has 0 fully saturated rings. The molecule has 2 heteroatoms. The Hall–Kier alpha value is -1.57. The lowest BCUT2D eigenvalue weighted by molar-refractivity contribution is -0.122. The van der Waals surface area contributed by atoms with E-state index >= 15 is 0 Å². The molecule has 17 heavy (non-hydrogen) atoms. The summed E-state index contributed by atoms with van der Waals surface area (Å²) in [6, 6.07) is 6.31. The third kappa shape index (κ3) is 2.12. The summed E-state index contributed by atoms with van der Waals surface area (Å²) in [4.78, 5) is 11.8. The van der Waals surface area contributed by atoms with Gasteiger partial charge in [-0.1, -0.05) is 32.0 Å². The fourth-order valence-electron chi connectivity index (χ4n) is 2.26. The smallest absolute Gasteiger partial charge is 0.226 e. The first-order chi connectivity index (χ1) is 8.00. The standard InChI is InChI=1S/C15H19NO/c1-9(2)15(17)16-14-11(4)8-12-7-5-6-10(3)13(12)14/h5-7,9H,8H2,1-4H3,(H,16,17). The molecule has 0 radical (unpaired) electrons. The molecule has 0 bridgehead atoms. The fraction of sp³-hybridized carbons (Fsp3) is 0.400. The first kappa shape index (κ1) is 11.9. The van der Waals surface area contributed by atoms with E-state index in [2.05, 4.69) is 37.4 Å². The van der Waals surface area contributed by atoms with Crippen molar-refractivity contribution in [2.75, 3.05) is 0 Å². The molecular formula is C15H19NO. The van der Waals surface area contributed by atoms with Gasteiger partial charge in [0.15, 0.2) is 0 Å². The molecule has 2 nitrogen and oxygen atoms in total. The molecule has 0 unspecified atom stereocenters. The molecule has 2 rings (SSSR count). The molecule has 1 aliphatic rings. The third-order valence-electron chi connectivity index (χ3n) is 3.26. The number of carbonyl (C=O) groups is 1. The predicted molar refractivity (Wildman–Crippen MR) is 70.5 cm³/mol. The number of fused-ring (bicyclic) bond motifs is 1. The number of rotatable bonds is 2. The van der Waals surface area contributed by atoms with Crippen molar-refractivity contribution in [1.82, 2.24) is 5.32 Å². The van der Waals surface area contributed by atoms with Gasteiger partial charge in [0.1, 0.15) is 0 Å². The lowest BCUT2D eigenvalue weighted by Gasteiger charge is -2.13. The van der Waals surface area contributed by atoms with E-state index in [9.17, 15) is 4.79 Å². The summed E-state index contributed by atoms with van der Waals surface area (Å²) in [5.74, 6) is 0.110. The molecule has 1 amide bonds. The molecular weight excluding hydrogens is 210 g/mol. The van der Waals surface area contributed by atoms with Crippen molar-refractivity contribution in [3.8, 4) is 0 Å². The van der Waals surface area contributed by atoms with Crippen LogP contribution in [0.2, 0.25) is 0 Å². The Morgan fingerprint density at radius 3 is 2.65 bits per heavy atom. The van der Waals surface area contributed by atoms with Gasteiger partial charge in [0.2, 0.25) is 5.91 Å². The molecule has 0 heterocycles. The van der Waals surface area contributed by atoms with E-state index < -0.39 is 0 Å². The van der Waals surface area contributed by atoms with Crippen molar-refractivity contribution >= 4 is 11.6 Å². The summed E-state index contributed by atoms with van der Waals surface area (Å²) >= 11 is 0. The number of aryl methyl sites for hydroxylation is 1. The summed E-state index contributed by atoms with van der Waals surface area (Å²) in [7, 11) is 0. The predicted octanol–water partition coefficient (Wildman–Crippen LogP) is 3.05. The second-order valence-electron chi connectivity index (χ2n) is 5.09. The van der Waals surface area contributed by atoms with Gasteiger partial charge in [-0.2, -0.15) is 0 Å². The minimum Gasteiger partial charge on any atom is -0.325 e. The molecule has 1 aromatic rings. The van der Waals surface area contributed by atoms with Gasteiger partial charge >= 0.3 is 0 Å². The molecule has 0 saturated heterocycles. The Morgan fingerprint density at radius 2 is 2.00 bits per heavy atom. The van der Waals surface area contributed by atoms with E-state index in [1.165, 1.54) is 22.3 Å². The van der Waals surface area contributed by atoms with Crippen molar-refractivity contribution in [3.05, 3.63) is 40.5 Å². The SMILES string of the molecule is CC1=C(NC(=O)C(C)C)c2c(C)cccc2C1. The molecule has 0 atom stereocenters. The molecule has 90 valence electrons. The number of hydrogen-bond donors (Lipinski definition) is 1. The average molecular weight is 229 g/mol. The minimum atomic E-state index is 0.0170. The molecule has 1 N–H and O–H groups in total. The largest absolute Gasteiger partial charge is 0.325 e. The molecule has 0 aliphatic heterocycles. The summed E-state index contributed by atoms with van der Waals surface area (Å²) in [6.07, 6.45) is 0.949. The number of allylic oxidation sites excluding steroid dienone is 1. The van der Waals surface area contributed by atoms with Gasteiger partial charge in [-0.05, 0) is 37.0 Å². The van der Waals surface area contributed by atoms with Gasteiger partial charge in [0.05, 0.1) is 0 Å². The minimum absolute atomic E-state index is 0.0170. The van der Waals surface area contributed by atoms with E-state index in [4.69, 9.17) is 0 Å². The lowest BCUT2D eigenvalue weighted by Crippen LogP contribution is -2.26. The average Bonchev–Trinajstić information content (AvgIpc) is 2.56. The van der Waals surface area contributed by atoms with Crippen LogP contribution in [0.3, 0.4) is 0 Å². The van der Waals surface area contributed by atoms with Gasteiger partial charge in [-0.3, -0.25) is 4.79 Å². The highest BCUT2D eigenvalue weighted by Crippen LogP contribution is 2.33. The first-order valence-corrected chi connectivity index (χ1v) is 6.10. The number of carbonyl (C=O) groups excluding carboxylic acids is 1. The maximum absolute atomic E-state index is 11.8. The highest BCUT2D eigenvalue weighted by atomic mass is 16.1. The van der Waals surface area contributed by atoms with Crippen molar-refractivity contribution in [1.29, 1.82) is 0 Å². The molecule has 0 spiro atoms. The zero-order chi connectivity index (χ0) is 12.6. The highest BCUT2D eigenvalue weighted by Gasteiger charge is 2.22. The van der Waals surface area contributed by atoms with Crippen LogP contribution in [0.25, 0.3) is 5.70 Å². The maximum atomic E-state index is 11.8. The van der Waals surface area contributed by atoms with Crippen LogP contribution in [-0.2, 0) is 11.2 Å². The summed E-state index contributed by atoms with van der Waals surface area (Å²) in [5.41, 5.74) is 6.05. The van der Waals surface area contributed by atoms with Crippen molar-refractivity contribution < 1.29 is 4.79 Å². The zero-order valence-corrected chi connectivity index (χ0v) is 10.9. The van der Waals surface area contributed by atoms with E-state index in [-0.39, 0.29) is 11.8 Å². The summed E-state index contributed by atoms with van der Waals surface area (Å²) < 4.78 is 0. The van der Waals surface area contributed by atoms with Crippen LogP contribution in [-0.4, -0.2) is 5.91 Å².